The van der Waals surface area contributed by atoms with Crippen LogP contribution in [-0.4, -0.2) is 31.6 Å². The van der Waals surface area contributed by atoms with Crippen LogP contribution >= 0.6 is 0 Å². The number of hydrogen-bond acceptors (Lipinski definition) is 5. The van der Waals surface area contributed by atoms with Crippen molar-refractivity contribution in [2.24, 2.45) is 5.92 Å². The van der Waals surface area contributed by atoms with Crippen molar-refractivity contribution >= 4 is 11.9 Å². The number of unbranched alkanes of at least 4 members (excludes halogenated alkanes) is 1. The Hall–Kier alpha value is -1.99. The lowest BCUT2D eigenvalue weighted by Gasteiger charge is -2.29. The molecule has 2 rings (SSSR count). The van der Waals surface area contributed by atoms with Gasteiger partial charge in [0.15, 0.2) is 0 Å². The number of hydrogen-bond donors (Lipinski definition) is 1. The highest BCUT2D eigenvalue weighted by atomic mass is 16.6. The average Bonchev–Trinajstić information content (AvgIpc) is 2.95. The van der Waals surface area contributed by atoms with Crippen LogP contribution in [0.2, 0.25) is 0 Å². The second kappa shape index (κ2) is 7.86. The van der Waals surface area contributed by atoms with Gasteiger partial charge >= 0.3 is 5.95 Å². The summed E-state index contributed by atoms with van der Waals surface area (Å²) in [6.07, 6.45) is 9.38. The average molecular weight is 309 g/mol. The molecule has 0 aromatic carbocycles. The highest BCUT2D eigenvalue weighted by molar-refractivity contribution is 5.75. The van der Waals surface area contributed by atoms with Crippen molar-refractivity contribution in [3.63, 3.8) is 0 Å². The lowest BCUT2D eigenvalue weighted by molar-refractivity contribution is -0.394. The summed E-state index contributed by atoms with van der Waals surface area (Å²) in [7, 11) is 0. The van der Waals surface area contributed by atoms with Gasteiger partial charge in [0.2, 0.25) is 12.2 Å². The molecule has 0 spiro atoms. The first-order valence-electron chi connectivity index (χ1n) is 7.91. The monoisotopic (exact) mass is 309 g/mol. The van der Waals surface area contributed by atoms with Gasteiger partial charge in [-0.3, -0.25) is 4.79 Å². The predicted octanol–water partition coefficient (Wildman–Crippen LogP) is 2.05. The summed E-state index contributed by atoms with van der Waals surface area (Å²) in [5, 5.41) is 17.1. The molecule has 1 fully saturated rings. The Morgan fingerprint density at radius 1 is 1.45 bits per heavy atom. The smallest absolute Gasteiger partial charge is 0.390 e. The van der Waals surface area contributed by atoms with E-state index in [0.29, 0.717) is 0 Å². The maximum atomic E-state index is 11.9. The van der Waals surface area contributed by atoms with E-state index in [4.69, 9.17) is 0 Å². The van der Waals surface area contributed by atoms with E-state index in [9.17, 15) is 14.9 Å². The van der Waals surface area contributed by atoms with Crippen LogP contribution in [0.5, 0.6) is 0 Å². The normalized spacial score (nSPS) is 21.5. The molecule has 8 heteroatoms. The second-order valence-electron chi connectivity index (χ2n) is 5.93. The third kappa shape index (κ3) is 4.78. The third-order valence-electron chi connectivity index (χ3n) is 4.17. The van der Waals surface area contributed by atoms with Crippen LogP contribution in [0.25, 0.3) is 0 Å². The van der Waals surface area contributed by atoms with Crippen LogP contribution in [0.4, 0.5) is 5.95 Å². The summed E-state index contributed by atoms with van der Waals surface area (Å²) in [6, 6.07) is 0.212. The van der Waals surface area contributed by atoms with Gasteiger partial charge in [-0.25, -0.2) is 0 Å². The van der Waals surface area contributed by atoms with Crippen molar-refractivity contribution in [2.45, 2.75) is 64.5 Å². The fourth-order valence-corrected chi connectivity index (χ4v) is 2.95. The fourth-order valence-electron chi connectivity index (χ4n) is 2.95. The molecule has 1 aliphatic carbocycles. The van der Waals surface area contributed by atoms with Gasteiger partial charge in [-0.15, -0.1) is 0 Å². The van der Waals surface area contributed by atoms with Crippen molar-refractivity contribution in [3.05, 3.63) is 16.4 Å². The van der Waals surface area contributed by atoms with Crippen LogP contribution < -0.4 is 5.32 Å². The quantitative estimate of drug-likeness (QED) is 0.613. The highest BCUT2D eigenvalue weighted by Crippen LogP contribution is 2.28. The summed E-state index contributed by atoms with van der Waals surface area (Å²) in [6.45, 7) is 2.18. The molecule has 0 radical (unpaired) electrons. The molecule has 1 saturated carbocycles. The molecule has 0 aliphatic heterocycles. The van der Waals surface area contributed by atoms with Gasteiger partial charge in [0.05, 0.1) is 0 Å². The SMILES string of the molecule is CCCCC1CCC(NC(=O)Cn2cnc([N+](=O)[O-])n2)CC1. The van der Waals surface area contributed by atoms with Crippen molar-refractivity contribution in [2.75, 3.05) is 0 Å². The van der Waals surface area contributed by atoms with Crippen LogP contribution in [0.1, 0.15) is 51.9 Å². The number of carbonyl (C=O) groups excluding carboxylic acids is 1. The molecular formula is C14H23N5O3. The Bertz CT molecular complexity index is 508. The van der Waals surface area contributed by atoms with E-state index in [2.05, 4.69) is 22.3 Å². The minimum atomic E-state index is -0.675. The second-order valence-corrected chi connectivity index (χ2v) is 5.93. The number of aromatic nitrogens is 3. The summed E-state index contributed by atoms with van der Waals surface area (Å²) >= 11 is 0. The molecular weight excluding hydrogens is 286 g/mol. The van der Waals surface area contributed by atoms with E-state index < -0.39 is 10.9 Å². The number of amides is 1. The van der Waals surface area contributed by atoms with E-state index in [-0.39, 0.29) is 18.5 Å². The van der Waals surface area contributed by atoms with Gasteiger partial charge in [-0.1, -0.05) is 31.2 Å². The van der Waals surface area contributed by atoms with Crippen LogP contribution in [-0.2, 0) is 11.3 Å². The lowest BCUT2D eigenvalue weighted by Crippen LogP contribution is -2.39. The molecule has 122 valence electrons. The first kappa shape index (κ1) is 16.4. The van der Waals surface area contributed by atoms with E-state index in [1.165, 1.54) is 43.1 Å². The molecule has 1 heterocycles. The summed E-state index contributed by atoms with van der Waals surface area (Å²) in [5.74, 6) is 0.145. The van der Waals surface area contributed by atoms with Crippen molar-refractivity contribution in [3.8, 4) is 0 Å². The van der Waals surface area contributed by atoms with E-state index in [1.54, 1.807) is 0 Å². The molecule has 0 bridgehead atoms. The molecule has 8 nitrogen and oxygen atoms in total. The maximum absolute atomic E-state index is 11.9. The molecule has 0 atom stereocenters. The van der Waals surface area contributed by atoms with Gasteiger partial charge in [0.25, 0.3) is 0 Å². The fraction of sp³-hybridized carbons (Fsp3) is 0.786. The van der Waals surface area contributed by atoms with Crippen LogP contribution in [0.15, 0.2) is 6.33 Å². The minimum Gasteiger partial charge on any atom is -0.390 e. The first-order chi connectivity index (χ1) is 10.6. The predicted molar refractivity (Wildman–Crippen MR) is 80.1 cm³/mol. The van der Waals surface area contributed by atoms with Crippen LogP contribution in [0, 0.1) is 16.0 Å². The molecule has 1 aromatic heterocycles. The summed E-state index contributed by atoms with van der Waals surface area (Å²) in [4.78, 5) is 25.3. The van der Waals surface area contributed by atoms with Gasteiger partial charge < -0.3 is 15.4 Å². The van der Waals surface area contributed by atoms with Crippen molar-refractivity contribution in [1.29, 1.82) is 0 Å². The summed E-state index contributed by atoms with van der Waals surface area (Å²) < 4.78 is 1.19. The molecule has 1 amide bonds. The van der Waals surface area contributed by atoms with Gasteiger partial charge in [-0.2, -0.15) is 4.68 Å². The zero-order valence-electron chi connectivity index (χ0n) is 12.9. The molecule has 1 aromatic rings. The third-order valence-corrected chi connectivity index (χ3v) is 4.17. The zero-order valence-corrected chi connectivity index (χ0v) is 12.9. The minimum absolute atomic E-state index is 0.0311. The number of nitrogens with zero attached hydrogens (tertiary/aromatic N) is 4. The van der Waals surface area contributed by atoms with Crippen molar-refractivity contribution in [1.82, 2.24) is 20.1 Å². The van der Waals surface area contributed by atoms with Crippen molar-refractivity contribution < 1.29 is 9.72 Å². The summed E-state index contributed by atoms with van der Waals surface area (Å²) in [5.41, 5.74) is 0. The number of carbonyl (C=O) groups is 1. The maximum Gasteiger partial charge on any atom is 0.490 e. The number of nitro groups is 1. The molecule has 0 unspecified atom stereocenters. The van der Waals surface area contributed by atoms with E-state index in [1.807, 2.05) is 0 Å². The zero-order chi connectivity index (χ0) is 15.9. The van der Waals surface area contributed by atoms with E-state index in [0.717, 1.165) is 18.8 Å². The number of rotatable bonds is 7. The largest absolute Gasteiger partial charge is 0.490 e. The molecule has 1 aliphatic rings. The Kier molecular flexibility index (Phi) is 5.85. The first-order valence-corrected chi connectivity index (χ1v) is 7.91. The highest BCUT2D eigenvalue weighted by Gasteiger charge is 2.23. The Balaban J connectivity index is 1.72. The standard InChI is InChI=1S/C14H23N5O3/c1-2-3-4-11-5-7-12(8-6-11)16-13(20)9-18-10-15-14(17-18)19(21)22/h10-12H,2-9H2,1H3,(H,16,20). The number of nitrogens with one attached hydrogen (secondary N) is 1. The Labute approximate surface area is 129 Å². The Morgan fingerprint density at radius 2 is 2.18 bits per heavy atom. The van der Waals surface area contributed by atoms with E-state index >= 15 is 0 Å². The lowest BCUT2D eigenvalue weighted by atomic mass is 9.83. The van der Waals surface area contributed by atoms with Gasteiger partial charge in [0, 0.05) is 11.1 Å². The topological polar surface area (TPSA) is 103 Å². The molecule has 22 heavy (non-hydrogen) atoms. The molecule has 1 N–H and O–H groups in total. The Morgan fingerprint density at radius 3 is 2.77 bits per heavy atom. The van der Waals surface area contributed by atoms with Crippen LogP contribution in [0.3, 0.4) is 0 Å². The van der Waals surface area contributed by atoms with Gasteiger partial charge in [0.1, 0.15) is 6.54 Å². The molecule has 0 saturated heterocycles. The van der Waals surface area contributed by atoms with Gasteiger partial charge in [-0.05, 0) is 36.5 Å².